The lowest BCUT2D eigenvalue weighted by molar-refractivity contribution is 0.0992. The SMILES string of the molecule is CCC(=O)c1cnc(-c2ncccn2)s1. The van der Waals surface area contributed by atoms with Gasteiger partial charge in [0.1, 0.15) is 0 Å². The Balaban J connectivity index is 2.32. The number of aromatic nitrogens is 3. The highest BCUT2D eigenvalue weighted by molar-refractivity contribution is 7.16. The van der Waals surface area contributed by atoms with Crippen LogP contribution in [0.15, 0.2) is 24.7 Å². The molecule has 0 unspecified atom stereocenters. The van der Waals surface area contributed by atoms with Crippen LogP contribution in [0.1, 0.15) is 23.0 Å². The number of Topliss-reactive ketones (excluding diaryl/α,β-unsaturated/α-hetero) is 1. The van der Waals surface area contributed by atoms with Crippen LogP contribution < -0.4 is 0 Å². The van der Waals surface area contributed by atoms with Crippen LogP contribution in [0.3, 0.4) is 0 Å². The number of hydrogen-bond donors (Lipinski definition) is 0. The van der Waals surface area contributed by atoms with Crippen molar-refractivity contribution in [3.8, 4) is 10.8 Å². The van der Waals surface area contributed by atoms with Gasteiger partial charge in [0.2, 0.25) is 0 Å². The van der Waals surface area contributed by atoms with Crippen molar-refractivity contribution in [1.82, 2.24) is 15.0 Å². The third-order valence-corrected chi connectivity index (χ3v) is 2.89. The Morgan fingerprint density at radius 1 is 1.33 bits per heavy atom. The summed E-state index contributed by atoms with van der Waals surface area (Å²) in [5.74, 6) is 0.673. The predicted octanol–water partition coefficient (Wildman–Crippen LogP) is 2.19. The molecule has 0 saturated carbocycles. The van der Waals surface area contributed by atoms with Crippen LogP contribution in [0, 0.1) is 0 Å². The highest BCUT2D eigenvalue weighted by Crippen LogP contribution is 2.22. The molecular formula is C10H9N3OS. The van der Waals surface area contributed by atoms with Crippen molar-refractivity contribution in [2.45, 2.75) is 13.3 Å². The maximum atomic E-state index is 11.4. The molecular weight excluding hydrogens is 210 g/mol. The Bertz CT molecular complexity index is 467. The van der Waals surface area contributed by atoms with E-state index in [4.69, 9.17) is 0 Å². The van der Waals surface area contributed by atoms with Gasteiger partial charge in [0.15, 0.2) is 16.6 Å². The molecule has 0 spiro atoms. The van der Waals surface area contributed by atoms with Crippen molar-refractivity contribution < 1.29 is 4.79 Å². The standard InChI is InChI=1S/C10H9N3OS/c1-2-7(14)8-6-13-10(15-8)9-11-4-3-5-12-9/h3-6H,2H2,1H3. The van der Waals surface area contributed by atoms with Gasteiger partial charge in [-0.3, -0.25) is 4.79 Å². The van der Waals surface area contributed by atoms with E-state index in [0.717, 1.165) is 0 Å². The van der Waals surface area contributed by atoms with Gasteiger partial charge in [-0.25, -0.2) is 15.0 Å². The third-order valence-electron chi connectivity index (χ3n) is 1.86. The number of nitrogens with zero attached hydrogens (tertiary/aromatic N) is 3. The van der Waals surface area contributed by atoms with Gasteiger partial charge in [0.25, 0.3) is 0 Å². The maximum Gasteiger partial charge on any atom is 0.188 e. The fourth-order valence-electron chi connectivity index (χ4n) is 1.09. The molecule has 0 aliphatic rings. The average Bonchev–Trinajstić information content (AvgIpc) is 2.78. The Labute approximate surface area is 91.0 Å². The van der Waals surface area contributed by atoms with E-state index >= 15 is 0 Å². The van der Waals surface area contributed by atoms with Crippen molar-refractivity contribution >= 4 is 17.1 Å². The van der Waals surface area contributed by atoms with Gasteiger partial charge >= 0.3 is 0 Å². The van der Waals surface area contributed by atoms with Crippen LogP contribution >= 0.6 is 11.3 Å². The molecule has 0 aliphatic heterocycles. The molecule has 2 aromatic rings. The average molecular weight is 219 g/mol. The molecule has 0 aliphatic carbocycles. The van der Waals surface area contributed by atoms with Crippen LogP contribution in [0.5, 0.6) is 0 Å². The highest BCUT2D eigenvalue weighted by Gasteiger charge is 2.10. The molecule has 76 valence electrons. The Hall–Kier alpha value is -1.62. The molecule has 2 aromatic heterocycles. The normalized spacial score (nSPS) is 10.2. The summed E-state index contributed by atoms with van der Waals surface area (Å²) in [6.07, 6.45) is 5.40. The number of carbonyl (C=O) groups is 1. The molecule has 0 N–H and O–H groups in total. The maximum absolute atomic E-state index is 11.4. The monoisotopic (exact) mass is 219 g/mol. The first kappa shape index (κ1) is 9.92. The van der Waals surface area contributed by atoms with Gasteiger partial charge < -0.3 is 0 Å². The third kappa shape index (κ3) is 2.07. The second-order valence-electron chi connectivity index (χ2n) is 2.88. The van der Waals surface area contributed by atoms with E-state index in [-0.39, 0.29) is 5.78 Å². The number of ketones is 1. The number of thiazole rings is 1. The van der Waals surface area contributed by atoms with Crippen LogP contribution in [0.2, 0.25) is 0 Å². The Morgan fingerprint density at radius 2 is 2.07 bits per heavy atom. The largest absolute Gasteiger partial charge is 0.293 e. The number of rotatable bonds is 3. The zero-order valence-electron chi connectivity index (χ0n) is 8.17. The Kier molecular flexibility index (Phi) is 2.82. The van der Waals surface area contributed by atoms with Crippen LogP contribution in [0.4, 0.5) is 0 Å². The van der Waals surface area contributed by atoms with Gasteiger partial charge in [0.05, 0.1) is 4.88 Å². The lowest BCUT2D eigenvalue weighted by Gasteiger charge is -1.91. The predicted molar refractivity (Wildman–Crippen MR) is 57.8 cm³/mol. The van der Waals surface area contributed by atoms with E-state index in [1.54, 1.807) is 24.7 Å². The van der Waals surface area contributed by atoms with Gasteiger partial charge in [-0.1, -0.05) is 6.92 Å². The summed E-state index contributed by atoms with van der Waals surface area (Å²) in [5.41, 5.74) is 0. The summed E-state index contributed by atoms with van der Waals surface area (Å²) in [5, 5.41) is 0.687. The topological polar surface area (TPSA) is 55.7 Å². The van der Waals surface area contributed by atoms with E-state index in [1.807, 2.05) is 6.92 Å². The second-order valence-corrected chi connectivity index (χ2v) is 3.91. The van der Waals surface area contributed by atoms with Crippen molar-refractivity contribution in [2.24, 2.45) is 0 Å². The minimum Gasteiger partial charge on any atom is -0.293 e. The zero-order valence-corrected chi connectivity index (χ0v) is 8.99. The molecule has 0 atom stereocenters. The van der Waals surface area contributed by atoms with Gasteiger partial charge in [-0.2, -0.15) is 0 Å². The van der Waals surface area contributed by atoms with Crippen molar-refractivity contribution in [3.05, 3.63) is 29.5 Å². The number of hydrogen-bond acceptors (Lipinski definition) is 5. The molecule has 15 heavy (non-hydrogen) atoms. The fourth-order valence-corrected chi connectivity index (χ4v) is 1.96. The van der Waals surface area contributed by atoms with Crippen molar-refractivity contribution in [1.29, 1.82) is 0 Å². The van der Waals surface area contributed by atoms with Gasteiger partial charge in [-0.15, -0.1) is 11.3 Å². The summed E-state index contributed by atoms with van der Waals surface area (Å²) in [4.78, 5) is 24.3. The van der Waals surface area contributed by atoms with E-state index < -0.39 is 0 Å². The Morgan fingerprint density at radius 3 is 2.73 bits per heavy atom. The molecule has 4 nitrogen and oxygen atoms in total. The minimum absolute atomic E-state index is 0.106. The zero-order chi connectivity index (χ0) is 10.7. The molecule has 0 bridgehead atoms. The van der Waals surface area contributed by atoms with Crippen molar-refractivity contribution in [3.63, 3.8) is 0 Å². The summed E-state index contributed by atoms with van der Waals surface area (Å²) in [6.45, 7) is 1.83. The second kappa shape index (κ2) is 4.27. The van der Waals surface area contributed by atoms with E-state index in [1.165, 1.54) is 11.3 Å². The molecule has 5 heteroatoms. The van der Waals surface area contributed by atoms with E-state index in [2.05, 4.69) is 15.0 Å². The van der Waals surface area contributed by atoms with Crippen LogP contribution in [-0.4, -0.2) is 20.7 Å². The summed E-state index contributed by atoms with van der Waals surface area (Å²) in [6, 6.07) is 1.75. The first-order chi connectivity index (χ1) is 7.31. The van der Waals surface area contributed by atoms with E-state index in [9.17, 15) is 4.79 Å². The first-order valence-corrected chi connectivity index (χ1v) is 5.39. The summed E-state index contributed by atoms with van der Waals surface area (Å²) >= 11 is 1.33. The lowest BCUT2D eigenvalue weighted by atomic mass is 10.3. The highest BCUT2D eigenvalue weighted by atomic mass is 32.1. The molecule has 0 amide bonds. The lowest BCUT2D eigenvalue weighted by Crippen LogP contribution is -1.90. The van der Waals surface area contributed by atoms with Crippen LogP contribution in [0.25, 0.3) is 10.8 Å². The number of carbonyl (C=O) groups excluding carboxylic acids is 1. The van der Waals surface area contributed by atoms with E-state index in [0.29, 0.717) is 22.1 Å². The molecule has 0 aromatic carbocycles. The minimum atomic E-state index is 0.106. The van der Waals surface area contributed by atoms with Gasteiger partial charge in [-0.05, 0) is 6.07 Å². The summed E-state index contributed by atoms with van der Waals surface area (Å²) in [7, 11) is 0. The first-order valence-electron chi connectivity index (χ1n) is 4.57. The fraction of sp³-hybridized carbons (Fsp3) is 0.200. The molecule has 2 heterocycles. The molecule has 0 radical (unpaired) electrons. The smallest absolute Gasteiger partial charge is 0.188 e. The molecule has 0 saturated heterocycles. The quantitative estimate of drug-likeness (QED) is 0.742. The van der Waals surface area contributed by atoms with Gasteiger partial charge in [0, 0.05) is 25.0 Å². The molecule has 0 fully saturated rings. The van der Waals surface area contributed by atoms with Crippen LogP contribution in [-0.2, 0) is 0 Å². The van der Waals surface area contributed by atoms with Crippen molar-refractivity contribution in [2.75, 3.05) is 0 Å². The summed E-state index contributed by atoms with van der Waals surface area (Å²) < 4.78 is 0. The molecule has 2 rings (SSSR count).